The summed E-state index contributed by atoms with van der Waals surface area (Å²) in [5.74, 6) is 0.607. The maximum atomic E-state index is 13.5. The Morgan fingerprint density at radius 1 is 1.00 bits per heavy atom. The van der Waals surface area contributed by atoms with Crippen LogP contribution in [-0.2, 0) is 25.0 Å². The minimum atomic E-state index is -4.55. The third kappa shape index (κ3) is 4.98. The van der Waals surface area contributed by atoms with E-state index in [1.54, 1.807) is 36.5 Å². The van der Waals surface area contributed by atoms with Gasteiger partial charge in [-0.05, 0) is 23.6 Å². The van der Waals surface area contributed by atoms with Crippen LogP contribution in [0.15, 0.2) is 59.8 Å². The molecule has 196 valence electrons. The normalized spacial score (nSPS) is 12.5. The summed E-state index contributed by atoms with van der Waals surface area (Å²) in [5.41, 5.74) is 1.55. The molecule has 40 heavy (non-hydrogen) atoms. The van der Waals surface area contributed by atoms with Crippen molar-refractivity contribution in [1.82, 2.24) is 33.6 Å². The third-order valence-corrected chi connectivity index (χ3v) is 6.40. The Balaban J connectivity index is 1.58. The van der Waals surface area contributed by atoms with Crippen molar-refractivity contribution in [2.24, 2.45) is 7.05 Å². The maximum Gasteiger partial charge on any atom is 0.434 e. The van der Waals surface area contributed by atoms with E-state index in [1.165, 1.54) is 22.4 Å². The molecule has 5 rings (SSSR count). The first-order valence-corrected chi connectivity index (χ1v) is 12.3. The number of hydrogen-bond acceptors (Lipinski definition) is 5. The molecule has 0 N–H and O–H groups in total. The average molecular weight is 537 g/mol. The van der Waals surface area contributed by atoms with E-state index in [2.05, 4.69) is 19.9 Å². The van der Waals surface area contributed by atoms with Crippen molar-refractivity contribution in [3.05, 3.63) is 82.4 Å². The Hall–Kier alpha value is -4.09. The SMILES string of the molecule is [B]C([B])([B])n1c(=O)n(Cc2ccc(-c3nc(C(F)(F)F)cn3C)cc2)c2nc(-c3cccnc3C(C)C)ncc21. The predicted molar refractivity (Wildman–Crippen MR) is 147 cm³/mol. The first-order valence-electron chi connectivity index (χ1n) is 12.3. The summed E-state index contributed by atoms with van der Waals surface area (Å²) in [6.07, 6.45) is -0.493. The molecule has 5 aromatic rings. The van der Waals surface area contributed by atoms with E-state index in [9.17, 15) is 18.0 Å². The lowest BCUT2D eigenvalue weighted by molar-refractivity contribution is -0.140. The molecule has 0 aliphatic heterocycles. The van der Waals surface area contributed by atoms with Gasteiger partial charge >= 0.3 is 11.9 Å². The molecule has 6 radical (unpaired) electrons. The third-order valence-electron chi connectivity index (χ3n) is 6.40. The number of hydrogen-bond donors (Lipinski definition) is 0. The van der Waals surface area contributed by atoms with Crippen molar-refractivity contribution in [1.29, 1.82) is 0 Å². The van der Waals surface area contributed by atoms with E-state index < -0.39 is 22.8 Å². The highest BCUT2D eigenvalue weighted by Crippen LogP contribution is 2.31. The molecule has 0 aliphatic carbocycles. The first-order chi connectivity index (χ1) is 18.8. The van der Waals surface area contributed by atoms with E-state index >= 15 is 0 Å². The van der Waals surface area contributed by atoms with Crippen molar-refractivity contribution in [2.75, 3.05) is 0 Å². The first kappa shape index (κ1) is 27.5. The van der Waals surface area contributed by atoms with Gasteiger partial charge in [-0.25, -0.2) is 19.7 Å². The van der Waals surface area contributed by atoms with Gasteiger partial charge in [0.1, 0.15) is 11.3 Å². The van der Waals surface area contributed by atoms with Gasteiger partial charge in [0.15, 0.2) is 17.2 Å². The quantitative estimate of drug-likeness (QED) is 0.311. The monoisotopic (exact) mass is 537 g/mol. The molecule has 0 aliphatic rings. The van der Waals surface area contributed by atoms with Gasteiger partial charge in [0.2, 0.25) is 0 Å². The summed E-state index contributed by atoms with van der Waals surface area (Å²) in [7, 11) is 19.3. The van der Waals surface area contributed by atoms with E-state index in [0.29, 0.717) is 22.5 Å². The fourth-order valence-corrected chi connectivity index (χ4v) is 4.56. The van der Waals surface area contributed by atoms with Crippen molar-refractivity contribution in [2.45, 2.75) is 37.7 Å². The Bertz CT molecular complexity index is 1770. The molecule has 0 atom stereocenters. The molecule has 4 heterocycles. The molecule has 4 aromatic heterocycles. The summed E-state index contributed by atoms with van der Waals surface area (Å²) in [5, 5.41) is -2.03. The summed E-state index contributed by atoms with van der Waals surface area (Å²) in [4.78, 5) is 30.8. The van der Waals surface area contributed by atoms with E-state index in [4.69, 9.17) is 23.5 Å². The highest BCUT2D eigenvalue weighted by atomic mass is 19.4. The van der Waals surface area contributed by atoms with Crippen LogP contribution in [0.25, 0.3) is 33.9 Å². The molecule has 0 spiro atoms. The number of aryl methyl sites for hydroxylation is 1. The second kappa shape index (κ2) is 9.83. The predicted octanol–water partition coefficient (Wildman–Crippen LogP) is 3.32. The number of fused-ring (bicyclic) bond motifs is 1. The van der Waals surface area contributed by atoms with Crippen LogP contribution in [0.3, 0.4) is 0 Å². The number of benzene rings is 1. The number of rotatable bonds is 6. The zero-order chi connectivity index (χ0) is 29.0. The highest BCUT2D eigenvalue weighted by Gasteiger charge is 2.34. The smallest absolute Gasteiger partial charge is 0.333 e. The van der Waals surface area contributed by atoms with Gasteiger partial charge < -0.3 is 9.13 Å². The van der Waals surface area contributed by atoms with Crippen LogP contribution in [0.2, 0.25) is 0 Å². The molecular weight excluding hydrogens is 516 g/mol. The Morgan fingerprint density at radius 2 is 1.70 bits per heavy atom. The zero-order valence-electron chi connectivity index (χ0n) is 21.9. The van der Waals surface area contributed by atoms with Crippen LogP contribution in [-0.4, -0.2) is 57.2 Å². The number of aromatic nitrogens is 7. The van der Waals surface area contributed by atoms with Gasteiger partial charge in [-0.15, -0.1) is 0 Å². The van der Waals surface area contributed by atoms with Crippen molar-refractivity contribution in [3.63, 3.8) is 0 Å². The van der Waals surface area contributed by atoms with Gasteiger partial charge in [-0.1, -0.05) is 43.3 Å². The summed E-state index contributed by atoms with van der Waals surface area (Å²) in [6.45, 7) is 4.05. The number of nitrogens with zero attached hydrogens (tertiary/aromatic N) is 7. The minimum Gasteiger partial charge on any atom is -0.333 e. The lowest BCUT2D eigenvalue weighted by atomic mass is 9.49. The summed E-state index contributed by atoms with van der Waals surface area (Å²) >= 11 is 0. The lowest BCUT2D eigenvalue weighted by Gasteiger charge is -2.22. The topological polar surface area (TPSA) is 83.4 Å². The van der Waals surface area contributed by atoms with Crippen molar-refractivity contribution < 1.29 is 13.2 Å². The molecule has 0 fully saturated rings. The van der Waals surface area contributed by atoms with Crippen LogP contribution in [0.4, 0.5) is 13.2 Å². The molecule has 0 bridgehead atoms. The number of pyridine rings is 1. The molecule has 0 saturated carbocycles. The summed E-state index contributed by atoms with van der Waals surface area (Å²) < 4.78 is 43.0. The second-order valence-electron chi connectivity index (χ2n) is 9.84. The molecule has 0 unspecified atom stereocenters. The number of imidazole rings is 2. The molecule has 0 amide bonds. The standard InChI is InChI=1S/C26H21B3F3N7O/c1-14(2)20-17(5-4-10-33-20)21-34-11-18-23(36-21)38(24(40)39(18)26(27,28)29)12-15-6-8-16(9-7-15)22-35-19(13-37(22)3)25(30,31)32/h4-11,13-14H,12H2,1-3H3. The van der Waals surface area contributed by atoms with E-state index in [-0.39, 0.29) is 29.5 Å². The molecule has 8 nitrogen and oxygen atoms in total. The van der Waals surface area contributed by atoms with Gasteiger partial charge in [0, 0.05) is 30.6 Å². The molecule has 14 heteroatoms. The minimum absolute atomic E-state index is 0.0492. The van der Waals surface area contributed by atoms with E-state index in [0.717, 1.165) is 16.5 Å². The second-order valence-corrected chi connectivity index (χ2v) is 9.84. The van der Waals surface area contributed by atoms with Crippen LogP contribution < -0.4 is 5.69 Å². The van der Waals surface area contributed by atoms with Gasteiger partial charge in [0.25, 0.3) is 0 Å². The van der Waals surface area contributed by atoms with Gasteiger partial charge in [0.05, 0.1) is 42.0 Å². The fourth-order valence-electron chi connectivity index (χ4n) is 4.56. The van der Waals surface area contributed by atoms with Crippen LogP contribution in [0.1, 0.15) is 36.7 Å². The summed E-state index contributed by atoms with van der Waals surface area (Å²) in [6, 6.07) is 10.3. The average Bonchev–Trinajstić information content (AvgIpc) is 3.41. The number of halogens is 3. The number of alkyl halides is 3. The Labute approximate surface area is 231 Å². The lowest BCUT2D eigenvalue weighted by Crippen LogP contribution is -2.43. The van der Waals surface area contributed by atoms with Crippen LogP contribution in [0.5, 0.6) is 0 Å². The Morgan fingerprint density at radius 3 is 2.30 bits per heavy atom. The van der Waals surface area contributed by atoms with Crippen molar-refractivity contribution in [3.8, 4) is 22.8 Å². The van der Waals surface area contributed by atoms with Crippen LogP contribution in [0, 0.1) is 0 Å². The Kier molecular flexibility index (Phi) is 6.75. The van der Waals surface area contributed by atoms with Crippen LogP contribution >= 0.6 is 0 Å². The largest absolute Gasteiger partial charge is 0.434 e. The maximum absolute atomic E-state index is 13.5. The van der Waals surface area contributed by atoms with Crippen molar-refractivity contribution >= 4 is 34.7 Å². The molecular formula is C26H21B3F3N7O. The fraction of sp³-hybridized carbons (Fsp3) is 0.269. The highest BCUT2D eigenvalue weighted by molar-refractivity contribution is 6.56. The van der Waals surface area contributed by atoms with E-state index in [1.807, 2.05) is 19.9 Å². The zero-order valence-corrected chi connectivity index (χ0v) is 21.9. The van der Waals surface area contributed by atoms with Gasteiger partial charge in [-0.2, -0.15) is 13.2 Å². The molecule has 0 saturated heterocycles. The van der Waals surface area contributed by atoms with Gasteiger partial charge in [-0.3, -0.25) is 9.55 Å². The molecule has 1 aromatic carbocycles.